The van der Waals surface area contributed by atoms with E-state index < -0.39 is 24.7 Å². The summed E-state index contributed by atoms with van der Waals surface area (Å²) in [6.07, 6.45) is -4.43. The molecule has 0 aliphatic carbocycles. The minimum absolute atomic E-state index is 0.00130. The van der Waals surface area contributed by atoms with E-state index >= 15 is 0 Å². The summed E-state index contributed by atoms with van der Waals surface area (Å²) >= 11 is 0. The van der Waals surface area contributed by atoms with Crippen LogP contribution in [0, 0.1) is 0 Å². The lowest BCUT2D eigenvalue weighted by molar-refractivity contribution is -0.143. The van der Waals surface area contributed by atoms with Crippen molar-refractivity contribution in [1.29, 1.82) is 0 Å². The number of rotatable bonds is 5. The summed E-state index contributed by atoms with van der Waals surface area (Å²) in [6, 6.07) is 4.09. The van der Waals surface area contributed by atoms with Gasteiger partial charge in [0.15, 0.2) is 0 Å². The number of halogens is 3. The fourth-order valence-corrected chi connectivity index (χ4v) is 1.66. The van der Waals surface area contributed by atoms with Crippen LogP contribution in [0.4, 0.5) is 19.0 Å². The van der Waals surface area contributed by atoms with Gasteiger partial charge in [0, 0.05) is 12.6 Å². The predicted molar refractivity (Wildman–Crippen MR) is 70.6 cm³/mol. The summed E-state index contributed by atoms with van der Waals surface area (Å²) in [5, 5.41) is 2.92. The maximum Gasteiger partial charge on any atom is 0.406 e. The Morgan fingerprint density at radius 2 is 2.05 bits per heavy atom. The molecule has 0 atom stereocenters. The molecule has 0 saturated carbocycles. The molecule has 7 heteroatoms. The van der Waals surface area contributed by atoms with Crippen molar-refractivity contribution in [2.45, 2.75) is 33.0 Å². The number of pyridine rings is 1. The third kappa shape index (κ3) is 4.71. The maximum atomic E-state index is 12.5. The molecule has 0 bridgehead atoms. The van der Waals surface area contributed by atoms with Gasteiger partial charge in [-0.05, 0) is 32.9 Å². The van der Waals surface area contributed by atoms with Crippen LogP contribution in [-0.4, -0.2) is 41.1 Å². The first-order valence-corrected chi connectivity index (χ1v) is 6.33. The highest BCUT2D eigenvalue weighted by Gasteiger charge is 2.34. The molecule has 1 rings (SSSR count). The second-order valence-corrected chi connectivity index (χ2v) is 4.58. The molecule has 1 heterocycles. The molecule has 4 nitrogen and oxygen atoms in total. The second-order valence-electron chi connectivity index (χ2n) is 4.58. The van der Waals surface area contributed by atoms with Crippen molar-refractivity contribution in [1.82, 2.24) is 9.88 Å². The van der Waals surface area contributed by atoms with Crippen LogP contribution >= 0.6 is 0 Å². The number of carbonyl (C=O) groups is 1. The number of hydrogen-bond donors (Lipinski definition) is 1. The second kappa shape index (κ2) is 6.58. The fourth-order valence-electron chi connectivity index (χ4n) is 1.66. The predicted octanol–water partition coefficient (Wildman–Crippen LogP) is 2.93. The van der Waals surface area contributed by atoms with E-state index in [2.05, 4.69) is 10.3 Å². The number of nitrogens with zero attached hydrogens (tertiary/aromatic N) is 2. The van der Waals surface area contributed by atoms with Crippen LogP contribution in [0.3, 0.4) is 0 Å². The number of amides is 1. The fraction of sp³-hybridized carbons (Fsp3) is 0.538. The highest BCUT2D eigenvalue weighted by molar-refractivity contribution is 5.92. The van der Waals surface area contributed by atoms with Gasteiger partial charge in [-0.2, -0.15) is 13.2 Å². The first-order valence-electron chi connectivity index (χ1n) is 6.33. The van der Waals surface area contributed by atoms with Gasteiger partial charge in [0.2, 0.25) is 0 Å². The minimum atomic E-state index is -4.43. The molecule has 0 aliphatic heterocycles. The smallest absolute Gasteiger partial charge is 0.370 e. The van der Waals surface area contributed by atoms with Gasteiger partial charge < -0.3 is 10.2 Å². The van der Waals surface area contributed by atoms with Crippen LogP contribution in [0.15, 0.2) is 18.2 Å². The van der Waals surface area contributed by atoms with Crippen molar-refractivity contribution in [3.63, 3.8) is 0 Å². The van der Waals surface area contributed by atoms with E-state index in [4.69, 9.17) is 0 Å². The minimum Gasteiger partial charge on any atom is -0.370 e. The third-order valence-corrected chi connectivity index (χ3v) is 2.56. The summed E-state index contributed by atoms with van der Waals surface area (Å²) in [5.41, 5.74) is 0.00130. The van der Waals surface area contributed by atoms with E-state index in [1.54, 1.807) is 12.1 Å². The van der Waals surface area contributed by atoms with E-state index in [1.807, 2.05) is 6.92 Å². The summed E-state index contributed by atoms with van der Waals surface area (Å²) in [5.74, 6) is -0.258. The lowest BCUT2D eigenvalue weighted by Gasteiger charge is -2.27. The Morgan fingerprint density at radius 3 is 2.55 bits per heavy atom. The van der Waals surface area contributed by atoms with Gasteiger partial charge in [-0.1, -0.05) is 6.07 Å². The Morgan fingerprint density at radius 1 is 1.40 bits per heavy atom. The molecule has 0 fully saturated rings. The highest BCUT2D eigenvalue weighted by Crippen LogP contribution is 2.20. The summed E-state index contributed by atoms with van der Waals surface area (Å²) in [6.45, 7) is 4.27. The Bertz CT molecular complexity index is 460. The number of hydrogen-bond acceptors (Lipinski definition) is 3. The van der Waals surface area contributed by atoms with Crippen LogP contribution < -0.4 is 5.32 Å². The average molecular weight is 289 g/mol. The van der Waals surface area contributed by atoms with E-state index in [-0.39, 0.29) is 5.69 Å². The van der Waals surface area contributed by atoms with Crippen LogP contribution in [0.2, 0.25) is 0 Å². The number of nitrogens with one attached hydrogen (secondary N) is 1. The van der Waals surface area contributed by atoms with E-state index in [9.17, 15) is 18.0 Å². The van der Waals surface area contributed by atoms with Crippen LogP contribution in [0.25, 0.3) is 0 Å². The van der Waals surface area contributed by atoms with Crippen molar-refractivity contribution >= 4 is 11.7 Å². The SMILES string of the molecule is CCNc1cccc(C(=O)N(CC(F)(F)F)C(C)C)n1. The first-order chi connectivity index (χ1) is 9.24. The molecule has 1 aromatic rings. The van der Waals surface area contributed by atoms with Crippen molar-refractivity contribution in [3.05, 3.63) is 23.9 Å². The van der Waals surface area contributed by atoms with Crippen LogP contribution in [0.5, 0.6) is 0 Å². The van der Waals surface area contributed by atoms with E-state index in [1.165, 1.54) is 19.9 Å². The molecule has 0 unspecified atom stereocenters. The Hall–Kier alpha value is -1.79. The first kappa shape index (κ1) is 16.3. The zero-order valence-electron chi connectivity index (χ0n) is 11.7. The molecule has 0 aliphatic rings. The quantitative estimate of drug-likeness (QED) is 0.906. The number of carbonyl (C=O) groups excluding carboxylic acids is 1. The average Bonchev–Trinajstić information content (AvgIpc) is 2.34. The molecular formula is C13H18F3N3O. The standard InChI is InChI=1S/C13H18F3N3O/c1-4-17-11-7-5-6-10(18-11)12(20)19(9(2)3)8-13(14,15)16/h5-7,9H,4,8H2,1-3H3,(H,17,18). The molecule has 0 saturated heterocycles. The highest BCUT2D eigenvalue weighted by atomic mass is 19.4. The normalized spacial score (nSPS) is 11.6. The lowest BCUT2D eigenvalue weighted by atomic mass is 10.2. The van der Waals surface area contributed by atoms with Gasteiger partial charge in [-0.3, -0.25) is 4.79 Å². The number of alkyl halides is 3. The Labute approximate surface area is 116 Å². The number of aromatic nitrogens is 1. The van der Waals surface area contributed by atoms with Crippen molar-refractivity contribution in [3.8, 4) is 0 Å². The summed E-state index contributed by atoms with van der Waals surface area (Å²) in [4.78, 5) is 16.9. The molecular weight excluding hydrogens is 271 g/mol. The zero-order valence-corrected chi connectivity index (χ0v) is 11.7. The largest absolute Gasteiger partial charge is 0.406 e. The monoisotopic (exact) mass is 289 g/mol. The van der Waals surface area contributed by atoms with Crippen LogP contribution in [0.1, 0.15) is 31.3 Å². The molecule has 0 spiro atoms. The van der Waals surface area contributed by atoms with Crippen LogP contribution in [-0.2, 0) is 0 Å². The Kier molecular flexibility index (Phi) is 5.35. The van der Waals surface area contributed by atoms with E-state index in [0.717, 1.165) is 4.90 Å². The lowest BCUT2D eigenvalue weighted by Crippen LogP contribution is -2.43. The van der Waals surface area contributed by atoms with Crippen molar-refractivity contribution < 1.29 is 18.0 Å². The summed E-state index contributed by atoms with van der Waals surface area (Å²) in [7, 11) is 0. The van der Waals surface area contributed by atoms with Gasteiger partial charge in [-0.15, -0.1) is 0 Å². The van der Waals surface area contributed by atoms with Gasteiger partial charge in [0.1, 0.15) is 18.1 Å². The molecule has 0 aromatic carbocycles. The number of anilines is 1. The molecule has 112 valence electrons. The molecule has 0 radical (unpaired) electrons. The molecule has 20 heavy (non-hydrogen) atoms. The van der Waals surface area contributed by atoms with Gasteiger partial charge in [-0.25, -0.2) is 4.98 Å². The topological polar surface area (TPSA) is 45.2 Å². The van der Waals surface area contributed by atoms with E-state index in [0.29, 0.717) is 12.4 Å². The van der Waals surface area contributed by atoms with Gasteiger partial charge in [0.05, 0.1) is 0 Å². The molecule has 1 N–H and O–H groups in total. The molecule has 1 aromatic heterocycles. The maximum absolute atomic E-state index is 12.5. The van der Waals surface area contributed by atoms with Gasteiger partial charge in [0.25, 0.3) is 5.91 Å². The van der Waals surface area contributed by atoms with Crippen molar-refractivity contribution in [2.75, 3.05) is 18.4 Å². The zero-order chi connectivity index (χ0) is 15.3. The third-order valence-electron chi connectivity index (χ3n) is 2.56. The summed E-state index contributed by atoms with van der Waals surface area (Å²) < 4.78 is 37.5. The molecule has 1 amide bonds. The Balaban J connectivity index is 2.97. The van der Waals surface area contributed by atoms with Gasteiger partial charge >= 0.3 is 6.18 Å². The van der Waals surface area contributed by atoms with Crippen molar-refractivity contribution in [2.24, 2.45) is 0 Å².